The highest BCUT2D eigenvalue weighted by atomic mass is 32.1. The van der Waals surface area contributed by atoms with Crippen LogP contribution in [0, 0.1) is 0 Å². The number of aromatic nitrogens is 3. The first-order valence-corrected chi connectivity index (χ1v) is 7.31. The van der Waals surface area contributed by atoms with Crippen LogP contribution in [0.3, 0.4) is 0 Å². The molecule has 0 fully saturated rings. The van der Waals surface area contributed by atoms with Crippen molar-refractivity contribution in [2.45, 2.75) is 13.0 Å². The van der Waals surface area contributed by atoms with Crippen molar-refractivity contribution >= 4 is 33.2 Å². The average molecular weight is 283 g/mol. The lowest BCUT2D eigenvalue weighted by Crippen LogP contribution is -2.30. The van der Waals surface area contributed by atoms with Gasteiger partial charge in [-0.25, -0.2) is 15.0 Å². The van der Waals surface area contributed by atoms with E-state index in [-0.39, 0.29) is 0 Å². The highest BCUT2D eigenvalue weighted by molar-refractivity contribution is 7.15. The predicted molar refractivity (Wildman–Crippen MR) is 80.8 cm³/mol. The Morgan fingerprint density at radius 3 is 3.05 bits per heavy atom. The summed E-state index contributed by atoms with van der Waals surface area (Å²) in [7, 11) is 0. The van der Waals surface area contributed by atoms with Gasteiger partial charge in [-0.3, -0.25) is 0 Å². The molecule has 1 aliphatic heterocycles. The fourth-order valence-electron chi connectivity index (χ4n) is 2.64. The molecule has 1 aromatic carbocycles. The summed E-state index contributed by atoms with van der Waals surface area (Å²) in [5.74, 6) is 0.994. The van der Waals surface area contributed by atoms with Gasteiger partial charge >= 0.3 is 0 Å². The lowest BCUT2D eigenvalue weighted by Gasteiger charge is -2.27. The van der Waals surface area contributed by atoms with E-state index in [0.29, 0.717) is 5.13 Å². The van der Waals surface area contributed by atoms with Gasteiger partial charge in [0.1, 0.15) is 12.1 Å². The Morgan fingerprint density at radius 2 is 2.10 bits per heavy atom. The Labute approximate surface area is 120 Å². The molecule has 0 amide bonds. The second-order valence-electron chi connectivity index (χ2n) is 4.81. The van der Waals surface area contributed by atoms with Crippen molar-refractivity contribution in [2.24, 2.45) is 0 Å². The van der Waals surface area contributed by atoms with Gasteiger partial charge in [-0.05, 0) is 12.1 Å². The molecule has 4 rings (SSSR count). The summed E-state index contributed by atoms with van der Waals surface area (Å²) in [5, 5.41) is 1.75. The molecule has 3 aromatic rings. The number of nitrogen functional groups attached to an aromatic ring is 1. The van der Waals surface area contributed by atoms with Crippen LogP contribution < -0.4 is 10.6 Å². The lowest BCUT2D eigenvalue weighted by molar-refractivity contribution is 0.721. The summed E-state index contributed by atoms with van der Waals surface area (Å²) in [6, 6.07) is 8.11. The van der Waals surface area contributed by atoms with Crippen molar-refractivity contribution in [2.75, 3.05) is 17.2 Å². The number of benzene rings is 1. The van der Waals surface area contributed by atoms with E-state index < -0.39 is 0 Å². The molecule has 5 nitrogen and oxygen atoms in total. The highest BCUT2D eigenvalue weighted by Crippen LogP contribution is 2.31. The van der Waals surface area contributed by atoms with Gasteiger partial charge in [0.25, 0.3) is 0 Å². The second-order valence-corrected chi connectivity index (χ2v) is 5.92. The number of nitrogens with zero attached hydrogens (tertiary/aromatic N) is 4. The number of hydrogen-bond acceptors (Lipinski definition) is 6. The van der Waals surface area contributed by atoms with Crippen LogP contribution in [0.5, 0.6) is 0 Å². The standard InChI is InChI=1S/C14H13N5S/c15-14-18-11-5-6-19(7-12(11)20-14)13-9-3-1-2-4-10(9)16-8-17-13/h1-4,8H,5-7H2,(H2,15,18). The number of thiazole rings is 1. The van der Waals surface area contributed by atoms with Crippen molar-refractivity contribution in [3.05, 3.63) is 41.2 Å². The highest BCUT2D eigenvalue weighted by Gasteiger charge is 2.22. The molecule has 0 saturated heterocycles. The molecule has 0 saturated carbocycles. The van der Waals surface area contributed by atoms with Gasteiger partial charge in [-0.1, -0.05) is 12.1 Å². The number of anilines is 2. The Hall–Kier alpha value is -2.21. The Morgan fingerprint density at radius 1 is 1.20 bits per heavy atom. The van der Waals surface area contributed by atoms with Crippen molar-refractivity contribution in [3.63, 3.8) is 0 Å². The first-order chi connectivity index (χ1) is 9.81. The zero-order valence-electron chi connectivity index (χ0n) is 10.8. The third-order valence-corrected chi connectivity index (χ3v) is 4.48. The van der Waals surface area contributed by atoms with Gasteiger partial charge in [0, 0.05) is 23.2 Å². The molecular formula is C14H13N5S. The quantitative estimate of drug-likeness (QED) is 0.741. The molecule has 100 valence electrons. The van der Waals surface area contributed by atoms with E-state index in [0.717, 1.165) is 41.9 Å². The molecular weight excluding hydrogens is 270 g/mol. The first-order valence-electron chi connectivity index (χ1n) is 6.50. The molecule has 0 bridgehead atoms. The molecule has 2 N–H and O–H groups in total. The lowest BCUT2D eigenvalue weighted by atomic mass is 10.1. The van der Waals surface area contributed by atoms with Crippen LogP contribution in [-0.4, -0.2) is 21.5 Å². The SMILES string of the molecule is Nc1nc2c(s1)CN(c1ncnc3ccccc13)CC2. The maximum absolute atomic E-state index is 5.80. The minimum absolute atomic E-state index is 0.657. The molecule has 20 heavy (non-hydrogen) atoms. The molecule has 0 aliphatic carbocycles. The summed E-state index contributed by atoms with van der Waals surface area (Å²) in [5.41, 5.74) is 7.92. The maximum atomic E-state index is 5.80. The zero-order chi connectivity index (χ0) is 13.5. The summed E-state index contributed by atoms with van der Waals surface area (Å²) in [6.45, 7) is 1.74. The van der Waals surface area contributed by atoms with E-state index in [9.17, 15) is 0 Å². The van der Waals surface area contributed by atoms with E-state index in [1.54, 1.807) is 17.7 Å². The number of nitrogens with two attached hydrogens (primary N) is 1. The first kappa shape index (κ1) is 11.6. The van der Waals surface area contributed by atoms with Gasteiger partial charge in [0.05, 0.1) is 17.8 Å². The van der Waals surface area contributed by atoms with Crippen molar-refractivity contribution in [1.82, 2.24) is 15.0 Å². The van der Waals surface area contributed by atoms with E-state index in [4.69, 9.17) is 5.73 Å². The Bertz CT molecular complexity index is 777. The maximum Gasteiger partial charge on any atom is 0.180 e. The van der Waals surface area contributed by atoms with E-state index in [1.165, 1.54) is 4.88 Å². The van der Waals surface area contributed by atoms with Crippen LogP contribution in [0.25, 0.3) is 10.9 Å². The molecule has 0 spiro atoms. The second kappa shape index (κ2) is 4.42. The van der Waals surface area contributed by atoms with E-state index in [1.807, 2.05) is 18.2 Å². The van der Waals surface area contributed by atoms with Crippen molar-refractivity contribution < 1.29 is 0 Å². The number of rotatable bonds is 1. The predicted octanol–water partition coefficient (Wildman–Crippen LogP) is 2.23. The minimum atomic E-state index is 0.657. The van der Waals surface area contributed by atoms with Crippen LogP contribution >= 0.6 is 11.3 Å². The fraction of sp³-hybridized carbons (Fsp3) is 0.214. The molecule has 1 aliphatic rings. The topological polar surface area (TPSA) is 67.9 Å². The monoisotopic (exact) mass is 283 g/mol. The molecule has 6 heteroatoms. The van der Waals surface area contributed by atoms with Crippen LogP contribution in [0.4, 0.5) is 10.9 Å². The van der Waals surface area contributed by atoms with E-state index >= 15 is 0 Å². The average Bonchev–Trinajstić information content (AvgIpc) is 2.85. The Balaban J connectivity index is 1.77. The van der Waals surface area contributed by atoms with Gasteiger partial charge < -0.3 is 10.6 Å². The third-order valence-electron chi connectivity index (χ3n) is 3.57. The van der Waals surface area contributed by atoms with Crippen LogP contribution in [-0.2, 0) is 13.0 Å². The van der Waals surface area contributed by atoms with Crippen molar-refractivity contribution in [3.8, 4) is 0 Å². The number of fused-ring (bicyclic) bond motifs is 2. The van der Waals surface area contributed by atoms with Gasteiger partial charge in [-0.2, -0.15) is 0 Å². The fourth-order valence-corrected chi connectivity index (χ4v) is 3.53. The smallest absolute Gasteiger partial charge is 0.180 e. The molecule has 0 atom stereocenters. The minimum Gasteiger partial charge on any atom is -0.375 e. The van der Waals surface area contributed by atoms with Gasteiger partial charge in [0.15, 0.2) is 5.13 Å². The Kier molecular flexibility index (Phi) is 2.56. The molecule has 3 heterocycles. The summed E-state index contributed by atoms with van der Waals surface area (Å²) in [4.78, 5) is 16.7. The zero-order valence-corrected chi connectivity index (χ0v) is 11.6. The molecule has 0 unspecified atom stereocenters. The number of para-hydroxylation sites is 1. The van der Waals surface area contributed by atoms with Gasteiger partial charge in [0.2, 0.25) is 0 Å². The normalized spacial score (nSPS) is 14.5. The number of hydrogen-bond donors (Lipinski definition) is 1. The van der Waals surface area contributed by atoms with Crippen LogP contribution in [0.2, 0.25) is 0 Å². The van der Waals surface area contributed by atoms with E-state index in [2.05, 4.69) is 25.9 Å². The van der Waals surface area contributed by atoms with Crippen molar-refractivity contribution in [1.29, 1.82) is 0 Å². The molecule has 0 radical (unpaired) electrons. The third kappa shape index (κ3) is 1.80. The largest absolute Gasteiger partial charge is 0.375 e. The summed E-state index contributed by atoms with van der Waals surface area (Å²) in [6.07, 6.45) is 2.55. The summed E-state index contributed by atoms with van der Waals surface area (Å²) >= 11 is 1.58. The van der Waals surface area contributed by atoms with Gasteiger partial charge in [-0.15, -0.1) is 11.3 Å². The van der Waals surface area contributed by atoms with Crippen LogP contribution in [0.15, 0.2) is 30.6 Å². The molecule has 2 aromatic heterocycles. The van der Waals surface area contributed by atoms with Crippen LogP contribution in [0.1, 0.15) is 10.6 Å². The summed E-state index contributed by atoms with van der Waals surface area (Å²) < 4.78 is 0.